The summed E-state index contributed by atoms with van der Waals surface area (Å²) in [4.78, 5) is 12.1. The van der Waals surface area contributed by atoms with Gasteiger partial charge in [0, 0.05) is 19.8 Å². The molecule has 19 heavy (non-hydrogen) atoms. The van der Waals surface area contributed by atoms with E-state index in [1.54, 1.807) is 10.9 Å². The van der Waals surface area contributed by atoms with Crippen LogP contribution in [-0.4, -0.2) is 33.3 Å². The Morgan fingerprint density at radius 2 is 2.42 bits per heavy atom. The summed E-state index contributed by atoms with van der Waals surface area (Å²) in [6.07, 6.45) is 6.60. The fourth-order valence-electron chi connectivity index (χ4n) is 2.32. The van der Waals surface area contributed by atoms with E-state index in [-0.39, 0.29) is 11.7 Å². The minimum Gasteiger partial charge on any atom is -0.409 e. The lowest BCUT2D eigenvalue weighted by Gasteiger charge is -2.38. The minimum absolute atomic E-state index is 0.0117. The van der Waals surface area contributed by atoms with E-state index in [9.17, 15) is 4.79 Å². The molecule has 7 heteroatoms. The standard InChI is InChI=1S/C12H19N5O2/c1-17-8-9(7-15-17)3-6-14-11(18)12(4-2-5-12)10(13)16-19/h7-8,19H,2-6H2,1H3,(H2,13,16)(H,14,18). The van der Waals surface area contributed by atoms with Gasteiger partial charge in [-0.1, -0.05) is 11.6 Å². The van der Waals surface area contributed by atoms with Crippen molar-refractivity contribution in [3.63, 3.8) is 0 Å². The molecule has 0 saturated heterocycles. The van der Waals surface area contributed by atoms with Crippen LogP contribution in [0, 0.1) is 5.41 Å². The molecule has 1 aliphatic carbocycles. The monoisotopic (exact) mass is 265 g/mol. The highest BCUT2D eigenvalue weighted by molar-refractivity contribution is 6.07. The Bertz CT molecular complexity index is 490. The molecular weight excluding hydrogens is 246 g/mol. The number of amidine groups is 1. The van der Waals surface area contributed by atoms with E-state index in [4.69, 9.17) is 10.9 Å². The summed E-state index contributed by atoms with van der Waals surface area (Å²) in [5, 5.41) is 18.7. The van der Waals surface area contributed by atoms with Crippen molar-refractivity contribution in [1.29, 1.82) is 0 Å². The highest BCUT2D eigenvalue weighted by Gasteiger charge is 2.48. The third-order valence-corrected chi connectivity index (χ3v) is 3.70. The first-order valence-electron chi connectivity index (χ1n) is 6.32. The van der Waals surface area contributed by atoms with Crippen molar-refractivity contribution in [2.45, 2.75) is 25.7 Å². The molecule has 1 aliphatic rings. The Morgan fingerprint density at radius 1 is 1.68 bits per heavy atom. The Morgan fingerprint density at radius 3 is 2.89 bits per heavy atom. The molecule has 1 aromatic rings. The van der Waals surface area contributed by atoms with E-state index in [0.29, 0.717) is 25.8 Å². The molecule has 7 nitrogen and oxygen atoms in total. The average Bonchev–Trinajstić information content (AvgIpc) is 2.73. The first kappa shape index (κ1) is 13.4. The van der Waals surface area contributed by atoms with Gasteiger partial charge in [0.05, 0.1) is 6.20 Å². The lowest BCUT2D eigenvalue weighted by atomic mass is 9.67. The Labute approximate surface area is 111 Å². The number of oxime groups is 1. The molecular formula is C12H19N5O2. The fourth-order valence-corrected chi connectivity index (χ4v) is 2.32. The lowest BCUT2D eigenvalue weighted by molar-refractivity contribution is -0.131. The molecule has 1 aromatic heterocycles. The molecule has 1 saturated carbocycles. The molecule has 1 heterocycles. The predicted molar refractivity (Wildman–Crippen MR) is 69.6 cm³/mol. The van der Waals surface area contributed by atoms with Crippen LogP contribution in [0.3, 0.4) is 0 Å². The molecule has 0 spiro atoms. The number of carbonyl (C=O) groups excluding carboxylic acids is 1. The third kappa shape index (κ3) is 2.54. The van der Waals surface area contributed by atoms with Crippen LogP contribution in [0.25, 0.3) is 0 Å². The minimum atomic E-state index is -0.802. The predicted octanol–water partition coefficient (Wildman–Crippen LogP) is -0.00450. The van der Waals surface area contributed by atoms with E-state index in [1.807, 2.05) is 13.2 Å². The van der Waals surface area contributed by atoms with E-state index >= 15 is 0 Å². The van der Waals surface area contributed by atoms with E-state index in [1.165, 1.54) is 0 Å². The van der Waals surface area contributed by atoms with Gasteiger partial charge in [-0.2, -0.15) is 5.10 Å². The Hall–Kier alpha value is -2.05. The average molecular weight is 265 g/mol. The topological polar surface area (TPSA) is 106 Å². The SMILES string of the molecule is Cn1cc(CCNC(=O)C2(/C(N)=N/O)CCC2)cn1. The van der Waals surface area contributed by atoms with Gasteiger partial charge in [-0.15, -0.1) is 0 Å². The molecule has 0 aromatic carbocycles. The normalized spacial score (nSPS) is 17.8. The van der Waals surface area contributed by atoms with Crippen LogP contribution >= 0.6 is 0 Å². The number of carbonyl (C=O) groups is 1. The molecule has 4 N–H and O–H groups in total. The molecule has 0 unspecified atom stereocenters. The van der Waals surface area contributed by atoms with Gasteiger partial charge in [-0.3, -0.25) is 9.48 Å². The molecule has 104 valence electrons. The van der Waals surface area contributed by atoms with Crippen LogP contribution in [0.4, 0.5) is 0 Å². The quantitative estimate of drug-likeness (QED) is 0.301. The Kier molecular flexibility index (Phi) is 3.73. The number of hydrogen-bond donors (Lipinski definition) is 3. The van der Waals surface area contributed by atoms with Crippen molar-refractivity contribution < 1.29 is 10.0 Å². The van der Waals surface area contributed by atoms with Crippen molar-refractivity contribution in [3.8, 4) is 0 Å². The summed E-state index contributed by atoms with van der Waals surface area (Å²) in [6.45, 7) is 0.519. The number of rotatable bonds is 5. The Balaban J connectivity index is 1.87. The van der Waals surface area contributed by atoms with Crippen molar-refractivity contribution in [2.75, 3.05) is 6.54 Å². The number of amides is 1. The van der Waals surface area contributed by atoms with Crippen LogP contribution in [0.15, 0.2) is 17.5 Å². The van der Waals surface area contributed by atoms with Crippen LogP contribution in [-0.2, 0) is 18.3 Å². The van der Waals surface area contributed by atoms with Crippen molar-refractivity contribution in [2.24, 2.45) is 23.4 Å². The first-order valence-corrected chi connectivity index (χ1v) is 6.32. The van der Waals surface area contributed by atoms with Gasteiger partial charge >= 0.3 is 0 Å². The fraction of sp³-hybridized carbons (Fsp3) is 0.583. The second-order valence-electron chi connectivity index (χ2n) is 4.95. The van der Waals surface area contributed by atoms with Gasteiger partial charge < -0.3 is 16.3 Å². The zero-order valence-electron chi connectivity index (χ0n) is 11.0. The lowest BCUT2D eigenvalue weighted by Crippen LogP contribution is -2.54. The number of hydrogen-bond acceptors (Lipinski definition) is 4. The number of nitrogens with two attached hydrogens (primary N) is 1. The van der Waals surface area contributed by atoms with Crippen LogP contribution in [0.1, 0.15) is 24.8 Å². The van der Waals surface area contributed by atoms with E-state index in [2.05, 4.69) is 15.6 Å². The first-order chi connectivity index (χ1) is 9.08. The van der Waals surface area contributed by atoms with Gasteiger partial charge in [0.15, 0.2) is 5.84 Å². The van der Waals surface area contributed by atoms with Crippen molar-refractivity contribution in [3.05, 3.63) is 18.0 Å². The highest BCUT2D eigenvalue weighted by Crippen LogP contribution is 2.41. The van der Waals surface area contributed by atoms with Gasteiger partial charge in [0.2, 0.25) is 5.91 Å². The molecule has 0 aliphatic heterocycles. The molecule has 1 fully saturated rings. The van der Waals surface area contributed by atoms with Crippen LogP contribution in [0.2, 0.25) is 0 Å². The maximum Gasteiger partial charge on any atom is 0.233 e. The van der Waals surface area contributed by atoms with Gasteiger partial charge in [0.1, 0.15) is 5.41 Å². The van der Waals surface area contributed by atoms with Gasteiger partial charge in [0.25, 0.3) is 0 Å². The van der Waals surface area contributed by atoms with E-state index in [0.717, 1.165) is 12.0 Å². The zero-order valence-corrected chi connectivity index (χ0v) is 11.0. The van der Waals surface area contributed by atoms with Crippen LogP contribution < -0.4 is 11.1 Å². The molecule has 0 bridgehead atoms. The van der Waals surface area contributed by atoms with Crippen LogP contribution in [0.5, 0.6) is 0 Å². The summed E-state index contributed by atoms with van der Waals surface area (Å²) >= 11 is 0. The summed E-state index contributed by atoms with van der Waals surface area (Å²) in [5.41, 5.74) is 5.89. The number of aromatic nitrogens is 2. The molecule has 1 amide bonds. The maximum absolute atomic E-state index is 12.1. The summed E-state index contributed by atoms with van der Waals surface area (Å²) < 4.78 is 1.72. The number of aryl methyl sites for hydroxylation is 1. The highest BCUT2D eigenvalue weighted by atomic mass is 16.4. The summed E-state index contributed by atoms with van der Waals surface area (Å²) in [6, 6.07) is 0. The number of nitrogens with zero attached hydrogens (tertiary/aromatic N) is 3. The maximum atomic E-state index is 12.1. The molecule has 2 rings (SSSR count). The zero-order chi connectivity index (χ0) is 13.9. The number of nitrogens with one attached hydrogen (secondary N) is 1. The van der Waals surface area contributed by atoms with E-state index < -0.39 is 5.41 Å². The van der Waals surface area contributed by atoms with Gasteiger partial charge in [-0.25, -0.2) is 0 Å². The smallest absolute Gasteiger partial charge is 0.233 e. The van der Waals surface area contributed by atoms with Crippen molar-refractivity contribution >= 4 is 11.7 Å². The molecule has 0 atom stereocenters. The largest absolute Gasteiger partial charge is 0.409 e. The summed E-state index contributed by atoms with van der Waals surface area (Å²) in [7, 11) is 1.85. The van der Waals surface area contributed by atoms with Crippen molar-refractivity contribution in [1.82, 2.24) is 15.1 Å². The third-order valence-electron chi connectivity index (χ3n) is 3.70. The second kappa shape index (κ2) is 5.29. The second-order valence-corrected chi connectivity index (χ2v) is 4.95. The van der Waals surface area contributed by atoms with Gasteiger partial charge in [-0.05, 0) is 24.8 Å². The molecule has 0 radical (unpaired) electrons. The summed E-state index contributed by atoms with van der Waals surface area (Å²) in [5.74, 6) is -0.143.